The molecule has 0 aromatic heterocycles. The summed E-state index contributed by atoms with van der Waals surface area (Å²) >= 11 is 0. The van der Waals surface area contributed by atoms with Crippen molar-refractivity contribution in [1.29, 1.82) is 0 Å². The number of allylic oxidation sites excluding steroid dienone is 4. The van der Waals surface area contributed by atoms with Crippen molar-refractivity contribution in [2.24, 2.45) is 0 Å². The first-order chi connectivity index (χ1) is 9.87. The van der Waals surface area contributed by atoms with Crippen molar-refractivity contribution in [3.8, 4) is 0 Å². The van der Waals surface area contributed by atoms with Crippen LogP contribution in [0.4, 0.5) is 0 Å². The smallest absolute Gasteiger partial charge is 0.248 e. The summed E-state index contributed by atoms with van der Waals surface area (Å²) in [5.74, 6) is 0.0714. The highest BCUT2D eigenvalue weighted by Crippen LogP contribution is 2.12. The van der Waals surface area contributed by atoms with Crippen molar-refractivity contribution < 1.29 is 9.53 Å². The summed E-state index contributed by atoms with van der Waals surface area (Å²) in [4.78, 5) is 16.2. The average molecular weight is 292 g/mol. The minimum Gasteiger partial charge on any atom is -0.368 e. The molecule has 21 heavy (non-hydrogen) atoms. The molecule has 0 atom stereocenters. The van der Waals surface area contributed by atoms with Gasteiger partial charge in [0.25, 0.3) is 0 Å². The topological polar surface area (TPSA) is 32.8 Å². The molecule has 1 aliphatic heterocycles. The number of hydrogen-bond donors (Lipinski definition) is 0. The van der Waals surface area contributed by atoms with Crippen LogP contribution in [0.25, 0.3) is 0 Å². The molecular formula is C17H28N2O2. The molecule has 0 spiro atoms. The van der Waals surface area contributed by atoms with E-state index in [-0.39, 0.29) is 18.1 Å². The lowest BCUT2D eigenvalue weighted by Gasteiger charge is -2.37. The fourth-order valence-corrected chi connectivity index (χ4v) is 2.08. The van der Waals surface area contributed by atoms with Crippen LogP contribution in [0, 0.1) is 0 Å². The summed E-state index contributed by atoms with van der Waals surface area (Å²) in [6.07, 6.45) is 7.91. The molecule has 1 amide bonds. The van der Waals surface area contributed by atoms with E-state index in [4.69, 9.17) is 4.74 Å². The Morgan fingerprint density at radius 2 is 1.76 bits per heavy atom. The van der Waals surface area contributed by atoms with E-state index < -0.39 is 0 Å². The number of nitrogens with zero attached hydrogens (tertiary/aromatic N) is 2. The zero-order valence-corrected chi connectivity index (χ0v) is 13.8. The summed E-state index contributed by atoms with van der Waals surface area (Å²) < 4.78 is 5.55. The molecule has 0 bridgehead atoms. The Hall–Kier alpha value is -1.55. The summed E-state index contributed by atoms with van der Waals surface area (Å²) in [6.45, 7) is 15.0. The van der Waals surface area contributed by atoms with Gasteiger partial charge >= 0.3 is 0 Å². The van der Waals surface area contributed by atoms with E-state index in [0.29, 0.717) is 0 Å². The Labute approximate surface area is 128 Å². The molecule has 1 heterocycles. The summed E-state index contributed by atoms with van der Waals surface area (Å²) in [5, 5.41) is 0. The zero-order chi connectivity index (χ0) is 15.9. The molecule has 0 radical (unpaired) electrons. The van der Waals surface area contributed by atoms with Gasteiger partial charge in [-0.1, -0.05) is 18.7 Å². The third-order valence-electron chi connectivity index (χ3n) is 3.29. The second-order valence-corrected chi connectivity index (χ2v) is 6.09. The standard InChI is InChI=1S/C17H28N2O2/c1-6-8-9-15(7-2)18-10-12-19(13-11-18)16(20)14-21-17(3,4)5/h6-9H,2,10-14H2,1,3-5H3/b8-6-,15-9+. The predicted octanol–water partition coefficient (Wildman–Crippen LogP) is 2.59. The van der Waals surface area contributed by atoms with Gasteiger partial charge in [0, 0.05) is 31.9 Å². The highest BCUT2D eigenvalue weighted by atomic mass is 16.5. The number of carbonyl (C=O) groups excluding carboxylic acids is 1. The average Bonchev–Trinajstić information content (AvgIpc) is 2.45. The minimum absolute atomic E-state index is 0.0714. The lowest BCUT2D eigenvalue weighted by atomic mass is 10.2. The van der Waals surface area contributed by atoms with E-state index in [1.807, 2.05) is 56.9 Å². The highest BCUT2D eigenvalue weighted by molar-refractivity contribution is 5.77. The quantitative estimate of drug-likeness (QED) is 0.730. The van der Waals surface area contributed by atoms with Crippen LogP contribution in [0.15, 0.2) is 36.6 Å². The maximum absolute atomic E-state index is 12.1. The van der Waals surface area contributed by atoms with E-state index in [1.165, 1.54) is 0 Å². The Kier molecular flexibility index (Phi) is 6.69. The van der Waals surface area contributed by atoms with E-state index in [1.54, 1.807) is 0 Å². The maximum atomic E-state index is 12.1. The molecule has 118 valence electrons. The Morgan fingerprint density at radius 3 is 2.24 bits per heavy atom. The summed E-state index contributed by atoms with van der Waals surface area (Å²) in [5.41, 5.74) is 0.828. The van der Waals surface area contributed by atoms with E-state index >= 15 is 0 Å². The Morgan fingerprint density at radius 1 is 1.19 bits per heavy atom. The van der Waals surface area contributed by atoms with Gasteiger partial charge in [0.05, 0.1) is 5.60 Å². The third-order valence-corrected chi connectivity index (χ3v) is 3.29. The lowest BCUT2D eigenvalue weighted by Crippen LogP contribution is -2.49. The van der Waals surface area contributed by atoms with Crippen LogP contribution in [0.2, 0.25) is 0 Å². The normalized spacial score (nSPS) is 17.4. The monoisotopic (exact) mass is 292 g/mol. The van der Waals surface area contributed by atoms with Crippen molar-refractivity contribution >= 4 is 5.91 Å². The summed E-state index contributed by atoms with van der Waals surface area (Å²) in [6, 6.07) is 0. The fourth-order valence-electron chi connectivity index (χ4n) is 2.08. The van der Waals surface area contributed by atoms with Gasteiger partial charge in [-0.25, -0.2) is 0 Å². The first kappa shape index (κ1) is 17.5. The van der Waals surface area contributed by atoms with Gasteiger partial charge in [-0.3, -0.25) is 4.79 Å². The number of piperazine rings is 1. The second-order valence-electron chi connectivity index (χ2n) is 6.09. The molecule has 1 rings (SSSR count). The Bertz CT molecular complexity index is 411. The molecule has 4 nitrogen and oxygen atoms in total. The third kappa shape index (κ3) is 6.17. The van der Waals surface area contributed by atoms with Gasteiger partial charge < -0.3 is 14.5 Å². The Balaban J connectivity index is 2.48. The molecule has 0 aromatic rings. The van der Waals surface area contributed by atoms with Crippen molar-refractivity contribution in [2.45, 2.75) is 33.3 Å². The van der Waals surface area contributed by atoms with E-state index in [9.17, 15) is 4.79 Å². The molecule has 4 heteroatoms. The van der Waals surface area contributed by atoms with E-state index in [2.05, 4.69) is 11.5 Å². The first-order valence-electron chi connectivity index (χ1n) is 7.49. The van der Waals surface area contributed by atoms with Gasteiger partial charge in [-0.15, -0.1) is 0 Å². The van der Waals surface area contributed by atoms with Gasteiger partial charge in [-0.2, -0.15) is 0 Å². The number of rotatable bonds is 5. The van der Waals surface area contributed by atoms with Crippen molar-refractivity contribution in [3.63, 3.8) is 0 Å². The lowest BCUT2D eigenvalue weighted by molar-refractivity contribution is -0.142. The number of amides is 1. The van der Waals surface area contributed by atoms with Crippen molar-refractivity contribution in [2.75, 3.05) is 32.8 Å². The van der Waals surface area contributed by atoms with Crippen LogP contribution in [-0.4, -0.2) is 54.1 Å². The van der Waals surface area contributed by atoms with Crippen LogP contribution in [0.3, 0.4) is 0 Å². The van der Waals surface area contributed by atoms with Crippen LogP contribution in [0.1, 0.15) is 27.7 Å². The van der Waals surface area contributed by atoms with Crippen LogP contribution >= 0.6 is 0 Å². The van der Waals surface area contributed by atoms with Crippen LogP contribution < -0.4 is 0 Å². The van der Waals surface area contributed by atoms with Gasteiger partial charge in [0.2, 0.25) is 5.91 Å². The molecule has 0 N–H and O–H groups in total. The molecule has 1 aliphatic rings. The molecule has 0 saturated carbocycles. The van der Waals surface area contributed by atoms with Crippen molar-refractivity contribution in [3.05, 3.63) is 36.6 Å². The summed E-state index contributed by atoms with van der Waals surface area (Å²) in [7, 11) is 0. The van der Waals surface area contributed by atoms with Gasteiger partial charge in [-0.05, 0) is 39.8 Å². The predicted molar refractivity (Wildman–Crippen MR) is 87.0 cm³/mol. The molecule has 1 saturated heterocycles. The first-order valence-corrected chi connectivity index (χ1v) is 7.49. The fraction of sp³-hybridized carbons (Fsp3) is 0.588. The largest absolute Gasteiger partial charge is 0.368 e. The molecular weight excluding hydrogens is 264 g/mol. The number of ether oxygens (including phenoxy) is 1. The molecule has 0 aliphatic carbocycles. The molecule has 1 fully saturated rings. The SMILES string of the molecule is C=C/C(=C\C=C/C)N1CCN(C(=O)COC(C)(C)C)CC1. The van der Waals surface area contributed by atoms with Crippen LogP contribution in [-0.2, 0) is 9.53 Å². The van der Waals surface area contributed by atoms with Crippen LogP contribution in [0.5, 0.6) is 0 Å². The van der Waals surface area contributed by atoms with E-state index in [0.717, 1.165) is 31.9 Å². The number of hydrogen-bond acceptors (Lipinski definition) is 3. The molecule has 0 aromatic carbocycles. The minimum atomic E-state index is -0.275. The molecule has 0 unspecified atom stereocenters. The van der Waals surface area contributed by atoms with Gasteiger partial charge in [0.1, 0.15) is 6.61 Å². The number of carbonyl (C=O) groups is 1. The highest BCUT2D eigenvalue weighted by Gasteiger charge is 2.22. The zero-order valence-electron chi connectivity index (χ0n) is 13.8. The second kappa shape index (κ2) is 8.03. The van der Waals surface area contributed by atoms with Crippen molar-refractivity contribution in [1.82, 2.24) is 9.80 Å². The van der Waals surface area contributed by atoms with Gasteiger partial charge in [0.15, 0.2) is 0 Å². The maximum Gasteiger partial charge on any atom is 0.248 e.